The molecule has 0 atom stereocenters. The van der Waals surface area contributed by atoms with Crippen LogP contribution in [-0.2, 0) is 13.6 Å². The monoisotopic (exact) mass is 364 g/mol. The van der Waals surface area contributed by atoms with Gasteiger partial charge in [-0.05, 0) is 35.9 Å². The van der Waals surface area contributed by atoms with Crippen LogP contribution in [0.4, 0.5) is 5.69 Å². The standard InChI is InChI=1S/C20H17ClN4O/c1-24-18-11-16(21)6-5-15(18)10-19(24)20(26)23-17-4-2-3-14(9-17)12-25-8-7-22-13-25/h2-11,13H,12H2,1H3,(H,23,26). The van der Waals surface area contributed by atoms with E-state index >= 15 is 0 Å². The molecule has 0 radical (unpaired) electrons. The van der Waals surface area contributed by atoms with Crippen molar-refractivity contribution in [2.24, 2.45) is 7.05 Å². The van der Waals surface area contributed by atoms with Crippen LogP contribution < -0.4 is 5.32 Å². The topological polar surface area (TPSA) is 51.9 Å². The van der Waals surface area contributed by atoms with E-state index in [1.54, 1.807) is 12.5 Å². The largest absolute Gasteiger partial charge is 0.340 e. The van der Waals surface area contributed by atoms with Gasteiger partial charge in [-0.15, -0.1) is 0 Å². The van der Waals surface area contributed by atoms with Crippen LogP contribution in [0.25, 0.3) is 10.9 Å². The number of anilines is 1. The normalized spacial score (nSPS) is 11.0. The van der Waals surface area contributed by atoms with Gasteiger partial charge >= 0.3 is 0 Å². The number of benzene rings is 2. The van der Waals surface area contributed by atoms with Crippen LogP contribution in [0.15, 0.2) is 67.3 Å². The summed E-state index contributed by atoms with van der Waals surface area (Å²) in [4.78, 5) is 16.8. The Morgan fingerprint density at radius 2 is 2.08 bits per heavy atom. The van der Waals surface area contributed by atoms with Gasteiger partial charge in [-0.2, -0.15) is 0 Å². The van der Waals surface area contributed by atoms with E-state index in [0.29, 0.717) is 17.3 Å². The first kappa shape index (κ1) is 16.4. The molecule has 0 saturated heterocycles. The predicted octanol–water partition coefficient (Wildman–Crippen LogP) is 4.33. The molecule has 26 heavy (non-hydrogen) atoms. The summed E-state index contributed by atoms with van der Waals surface area (Å²) in [6.45, 7) is 0.705. The van der Waals surface area contributed by atoms with Gasteiger partial charge in [-0.3, -0.25) is 4.79 Å². The Morgan fingerprint density at radius 1 is 1.19 bits per heavy atom. The third kappa shape index (κ3) is 3.21. The molecule has 0 aliphatic carbocycles. The Balaban J connectivity index is 1.57. The predicted molar refractivity (Wildman–Crippen MR) is 104 cm³/mol. The lowest BCUT2D eigenvalue weighted by atomic mass is 10.2. The third-order valence-electron chi connectivity index (χ3n) is 4.35. The van der Waals surface area contributed by atoms with E-state index in [9.17, 15) is 4.79 Å². The van der Waals surface area contributed by atoms with Gasteiger partial charge in [0.1, 0.15) is 5.69 Å². The number of nitrogens with one attached hydrogen (secondary N) is 1. The fourth-order valence-electron chi connectivity index (χ4n) is 3.05. The van der Waals surface area contributed by atoms with Crippen molar-refractivity contribution in [1.29, 1.82) is 0 Å². The van der Waals surface area contributed by atoms with Crippen molar-refractivity contribution in [3.05, 3.63) is 83.5 Å². The molecule has 0 aliphatic rings. The first-order chi connectivity index (χ1) is 12.6. The molecule has 2 aromatic carbocycles. The minimum absolute atomic E-state index is 0.153. The van der Waals surface area contributed by atoms with E-state index in [4.69, 9.17) is 11.6 Å². The van der Waals surface area contributed by atoms with E-state index in [0.717, 1.165) is 22.2 Å². The lowest BCUT2D eigenvalue weighted by Crippen LogP contribution is -2.15. The summed E-state index contributed by atoms with van der Waals surface area (Å²) in [5, 5.41) is 4.61. The Bertz CT molecular complexity index is 1080. The molecule has 1 N–H and O–H groups in total. The first-order valence-electron chi connectivity index (χ1n) is 8.21. The second-order valence-electron chi connectivity index (χ2n) is 6.18. The molecule has 0 fully saturated rings. The zero-order valence-electron chi connectivity index (χ0n) is 14.2. The SMILES string of the molecule is Cn1c(C(=O)Nc2cccc(Cn3ccnc3)c2)cc2ccc(Cl)cc21. The van der Waals surface area contributed by atoms with Gasteiger partial charge < -0.3 is 14.5 Å². The summed E-state index contributed by atoms with van der Waals surface area (Å²) in [6, 6.07) is 15.3. The fraction of sp³-hybridized carbons (Fsp3) is 0.100. The van der Waals surface area contributed by atoms with Crippen molar-refractivity contribution in [2.45, 2.75) is 6.54 Å². The molecule has 1 amide bonds. The van der Waals surface area contributed by atoms with E-state index in [1.165, 1.54) is 0 Å². The van der Waals surface area contributed by atoms with Crippen LogP contribution in [0.1, 0.15) is 16.1 Å². The molecule has 4 rings (SSSR count). The maximum atomic E-state index is 12.7. The number of aryl methyl sites for hydroxylation is 1. The smallest absolute Gasteiger partial charge is 0.272 e. The molecular weight excluding hydrogens is 348 g/mol. The number of hydrogen-bond donors (Lipinski definition) is 1. The van der Waals surface area contributed by atoms with E-state index in [1.807, 2.05) is 70.9 Å². The molecule has 0 aliphatic heterocycles. The van der Waals surface area contributed by atoms with Crippen LogP contribution in [0, 0.1) is 0 Å². The summed E-state index contributed by atoms with van der Waals surface area (Å²) in [5.41, 5.74) is 3.36. The van der Waals surface area contributed by atoms with Crippen LogP contribution in [0.2, 0.25) is 5.02 Å². The maximum Gasteiger partial charge on any atom is 0.272 e. The zero-order valence-corrected chi connectivity index (χ0v) is 14.9. The van der Waals surface area contributed by atoms with Crippen molar-refractivity contribution in [3.63, 3.8) is 0 Å². The van der Waals surface area contributed by atoms with Crippen molar-refractivity contribution in [2.75, 3.05) is 5.32 Å². The quantitative estimate of drug-likeness (QED) is 0.586. The molecule has 0 saturated carbocycles. The average molecular weight is 365 g/mol. The average Bonchev–Trinajstić information content (AvgIpc) is 3.24. The molecule has 6 heteroatoms. The molecule has 2 aromatic heterocycles. The summed E-state index contributed by atoms with van der Waals surface area (Å²) >= 11 is 6.06. The highest BCUT2D eigenvalue weighted by Crippen LogP contribution is 2.23. The zero-order chi connectivity index (χ0) is 18.1. The minimum atomic E-state index is -0.153. The molecule has 5 nitrogen and oxygen atoms in total. The summed E-state index contributed by atoms with van der Waals surface area (Å²) in [6.07, 6.45) is 5.43. The second kappa shape index (κ2) is 6.69. The van der Waals surface area contributed by atoms with E-state index < -0.39 is 0 Å². The minimum Gasteiger partial charge on any atom is -0.340 e. The lowest BCUT2D eigenvalue weighted by Gasteiger charge is -2.09. The van der Waals surface area contributed by atoms with Crippen molar-refractivity contribution >= 4 is 34.1 Å². The first-order valence-corrected chi connectivity index (χ1v) is 8.59. The van der Waals surface area contributed by atoms with Gasteiger partial charge in [-0.1, -0.05) is 29.8 Å². The highest BCUT2D eigenvalue weighted by atomic mass is 35.5. The van der Waals surface area contributed by atoms with E-state index in [2.05, 4.69) is 10.3 Å². The highest BCUT2D eigenvalue weighted by Gasteiger charge is 2.14. The van der Waals surface area contributed by atoms with E-state index in [-0.39, 0.29) is 5.91 Å². The molecule has 2 heterocycles. The number of amides is 1. The number of aromatic nitrogens is 3. The Labute approximate surface area is 155 Å². The molecular formula is C20H17ClN4O. The third-order valence-corrected chi connectivity index (χ3v) is 4.58. The van der Waals surface area contributed by atoms with Gasteiger partial charge in [0.2, 0.25) is 0 Å². The Morgan fingerprint density at radius 3 is 2.88 bits per heavy atom. The summed E-state index contributed by atoms with van der Waals surface area (Å²) < 4.78 is 3.83. The van der Waals surface area contributed by atoms with Gasteiger partial charge in [0.05, 0.1) is 6.33 Å². The van der Waals surface area contributed by atoms with Crippen molar-refractivity contribution in [3.8, 4) is 0 Å². The lowest BCUT2D eigenvalue weighted by molar-refractivity contribution is 0.102. The Kier molecular flexibility index (Phi) is 4.22. The molecule has 0 bridgehead atoms. The molecule has 130 valence electrons. The summed E-state index contributed by atoms with van der Waals surface area (Å²) in [7, 11) is 1.86. The van der Waals surface area contributed by atoms with Gasteiger partial charge in [0.15, 0.2) is 0 Å². The van der Waals surface area contributed by atoms with Crippen LogP contribution in [-0.4, -0.2) is 20.0 Å². The number of imidazole rings is 1. The molecule has 0 unspecified atom stereocenters. The van der Waals surface area contributed by atoms with Crippen LogP contribution in [0.3, 0.4) is 0 Å². The second-order valence-corrected chi connectivity index (χ2v) is 6.62. The molecule has 4 aromatic rings. The fourth-order valence-corrected chi connectivity index (χ4v) is 3.22. The van der Waals surface area contributed by atoms with Crippen LogP contribution in [0.5, 0.6) is 0 Å². The molecule has 0 spiro atoms. The maximum absolute atomic E-state index is 12.7. The number of fused-ring (bicyclic) bond motifs is 1. The Hall–Kier alpha value is -3.05. The highest BCUT2D eigenvalue weighted by molar-refractivity contribution is 6.31. The van der Waals surface area contributed by atoms with Gasteiger partial charge in [0, 0.05) is 47.6 Å². The summed E-state index contributed by atoms with van der Waals surface area (Å²) in [5.74, 6) is -0.153. The number of halogens is 1. The number of nitrogens with zero attached hydrogens (tertiary/aromatic N) is 3. The number of carbonyl (C=O) groups excluding carboxylic acids is 1. The van der Waals surface area contributed by atoms with Crippen molar-refractivity contribution in [1.82, 2.24) is 14.1 Å². The van der Waals surface area contributed by atoms with Crippen LogP contribution >= 0.6 is 11.6 Å². The number of carbonyl (C=O) groups is 1. The van der Waals surface area contributed by atoms with Crippen molar-refractivity contribution < 1.29 is 4.79 Å². The van der Waals surface area contributed by atoms with Gasteiger partial charge in [0.25, 0.3) is 5.91 Å². The van der Waals surface area contributed by atoms with Gasteiger partial charge in [-0.25, -0.2) is 4.98 Å². The number of hydrogen-bond acceptors (Lipinski definition) is 2. The number of rotatable bonds is 4.